The van der Waals surface area contributed by atoms with Crippen molar-refractivity contribution in [1.82, 2.24) is 0 Å². The van der Waals surface area contributed by atoms with E-state index >= 15 is 0 Å². The molecule has 6 rings (SSSR count). The Bertz CT molecular complexity index is 777. The van der Waals surface area contributed by atoms with Gasteiger partial charge in [-0.05, 0) is 60.1 Å². The number of anilines is 1. The van der Waals surface area contributed by atoms with Crippen molar-refractivity contribution in [2.75, 3.05) is 5.32 Å². The average molecular weight is 322 g/mol. The van der Waals surface area contributed by atoms with Crippen LogP contribution >= 0.6 is 0 Å². The lowest BCUT2D eigenvalue weighted by Gasteiger charge is -2.33. The number of nitrogens with two attached hydrogens (primary N) is 1. The topological polar surface area (TPSA) is 72.2 Å². The van der Waals surface area contributed by atoms with E-state index in [1.165, 1.54) is 5.56 Å². The standard InChI is InChI=1S/C20H22N2O2/c1-2-11-3-5-12(6-4-11)22-17(23)15-13-7-8-14-16(19(13)9-10-19)20(14,15)18(21)24/h3-8,13-16H,2,9-10H2,1H3,(H2,21,24)(H,22,23). The molecule has 4 heteroatoms. The van der Waals surface area contributed by atoms with Gasteiger partial charge in [0, 0.05) is 5.69 Å². The monoisotopic (exact) mass is 322 g/mol. The van der Waals surface area contributed by atoms with Crippen molar-refractivity contribution in [2.45, 2.75) is 26.2 Å². The van der Waals surface area contributed by atoms with Crippen LogP contribution < -0.4 is 11.1 Å². The minimum Gasteiger partial charge on any atom is -0.369 e. The summed E-state index contributed by atoms with van der Waals surface area (Å²) < 4.78 is 0. The highest BCUT2D eigenvalue weighted by Crippen LogP contribution is 2.88. The first-order valence-corrected chi connectivity index (χ1v) is 8.93. The number of hydrogen-bond donors (Lipinski definition) is 2. The molecule has 5 aliphatic rings. The first-order valence-electron chi connectivity index (χ1n) is 8.93. The van der Waals surface area contributed by atoms with Gasteiger partial charge in [-0.1, -0.05) is 31.2 Å². The summed E-state index contributed by atoms with van der Waals surface area (Å²) in [5.41, 5.74) is 7.41. The van der Waals surface area contributed by atoms with Crippen molar-refractivity contribution in [3.8, 4) is 0 Å². The summed E-state index contributed by atoms with van der Waals surface area (Å²) in [5, 5.41) is 3.04. The fraction of sp³-hybridized carbons (Fsp3) is 0.500. The number of rotatable bonds is 4. The minimum absolute atomic E-state index is 0.0383. The van der Waals surface area contributed by atoms with E-state index in [2.05, 4.69) is 24.4 Å². The van der Waals surface area contributed by atoms with Gasteiger partial charge in [-0.2, -0.15) is 0 Å². The van der Waals surface area contributed by atoms with E-state index in [-0.39, 0.29) is 35.0 Å². The Morgan fingerprint density at radius 3 is 2.42 bits per heavy atom. The molecule has 3 fully saturated rings. The molecule has 5 aliphatic carbocycles. The molecule has 2 amide bonds. The van der Waals surface area contributed by atoms with Gasteiger partial charge in [0.25, 0.3) is 0 Å². The molecule has 3 N–H and O–H groups in total. The van der Waals surface area contributed by atoms with E-state index < -0.39 is 5.41 Å². The highest BCUT2D eigenvalue weighted by molar-refractivity contribution is 6.01. The van der Waals surface area contributed by atoms with Crippen LogP contribution in [0.2, 0.25) is 0 Å². The van der Waals surface area contributed by atoms with E-state index in [4.69, 9.17) is 5.73 Å². The Hall–Kier alpha value is -2.10. The van der Waals surface area contributed by atoms with Gasteiger partial charge >= 0.3 is 0 Å². The number of nitrogens with one attached hydrogen (secondary N) is 1. The average Bonchev–Trinajstić information content (AvgIpc) is 3.46. The van der Waals surface area contributed by atoms with Crippen molar-refractivity contribution in [1.29, 1.82) is 0 Å². The van der Waals surface area contributed by atoms with Gasteiger partial charge in [0.05, 0.1) is 11.3 Å². The second-order valence-electron chi connectivity index (χ2n) is 7.96. The lowest BCUT2D eigenvalue weighted by molar-refractivity contribution is -0.133. The Morgan fingerprint density at radius 2 is 1.83 bits per heavy atom. The number of carbonyl (C=O) groups is 2. The predicted octanol–water partition coefficient (Wildman–Crippen LogP) is 2.50. The van der Waals surface area contributed by atoms with Gasteiger partial charge in [-0.15, -0.1) is 0 Å². The molecule has 5 unspecified atom stereocenters. The fourth-order valence-electron chi connectivity index (χ4n) is 6.00. The van der Waals surface area contributed by atoms with Gasteiger partial charge in [0.15, 0.2) is 0 Å². The maximum Gasteiger partial charge on any atom is 0.229 e. The molecule has 0 saturated heterocycles. The molecule has 4 nitrogen and oxygen atoms in total. The first-order chi connectivity index (χ1) is 11.6. The number of benzene rings is 1. The Kier molecular flexibility index (Phi) is 2.55. The Morgan fingerprint density at radius 1 is 1.17 bits per heavy atom. The molecule has 1 aromatic rings. The van der Waals surface area contributed by atoms with Crippen molar-refractivity contribution in [3.63, 3.8) is 0 Å². The zero-order valence-electron chi connectivity index (χ0n) is 13.8. The maximum absolute atomic E-state index is 13.1. The number of hydrogen-bond acceptors (Lipinski definition) is 2. The summed E-state index contributed by atoms with van der Waals surface area (Å²) in [5.74, 6) is 0.0375. The highest BCUT2D eigenvalue weighted by Gasteiger charge is 2.89. The summed E-state index contributed by atoms with van der Waals surface area (Å²) in [4.78, 5) is 25.4. The fourth-order valence-corrected chi connectivity index (χ4v) is 6.00. The molecule has 3 saturated carbocycles. The molecule has 24 heavy (non-hydrogen) atoms. The smallest absolute Gasteiger partial charge is 0.229 e. The molecule has 0 aromatic heterocycles. The van der Waals surface area contributed by atoms with Gasteiger partial charge in [0.2, 0.25) is 11.8 Å². The van der Waals surface area contributed by atoms with Crippen LogP contribution in [0.3, 0.4) is 0 Å². The van der Waals surface area contributed by atoms with Gasteiger partial charge in [0.1, 0.15) is 0 Å². The zero-order chi connectivity index (χ0) is 16.7. The van der Waals surface area contributed by atoms with Crippen LogP contribution in [0.4, 0.5) is 5.69 Å². The molecule has 4 bridgehead atoms. The molecule has 1 aromatic carbocycles. The third-order valence-corrected chi connectivity index (χ3v) is 7.17. The lowest BCUT2D eigenvalue weighted by atomic mass is 9.71. The largest absolute Gasteiger partial charge is 0.369 e. The Balaban J connectivity index is 1.46. The van der Waals surface area contributed by atoms with E-state index in [9.17, 15) is 9.59 Å². The summed E-state index contributed by atoms with van der Waals surface area (Å²) in [6.45, 7) is 2.11. The van der Waals surface area contributed by atoms with Gasteiger partial charge < -0.3 is 11.1 Å². The van der Waals surface area contributed by atoms with Crippen LogP contribution in [0.1, 0.15) is 25.3 Å². The van der Waals surface area contributed by atoms with E-state index in [0.29, 0.717) is 5.92 Å². The molecule has 0 heterocycles. The maximum atomic E-state index is 13.1. The third kappa shape index (κ3) is 1.45. The molecule has 124 valence electrons. The number of aryl methyl sites for hydroxylation is 1. The van der Waals surface area contributed by atoms with Crippen molar-refractivity contribution >= 4 is 17.5 Å². The molecule has 0 radical (unpaired) electrons. The second-order valence-corrected chi connectivity index (χ2v) is 7.96. The van der Waals surface area contributed by atoms with Crippen LogP contribution in [-0.4, -0.2) is 11.8 Å². The second kappa shape index (κ2) is 4.29. The molecule has 0 aliphatic heterocycles. The van der Waals surface area contributed by atoms with Crippen LogP contribution in [0.15, 0.2) is 36.4 Å². The first kappa shape index (κ1) is 14.3. The van der Waals surface area contributed by atoms with Gasteiger partial charge in [-0.25, -0.2) is 0 Å². The molecular formula is C20H22N2O2. The normalized spacial score (nSPS) is 38.9. The quantitative estimate of drug-likeness (QED) is 0.836. The molecular weight excluding hydrogens is 300 g/mol. The molecule has 5 atom stereocenters. The van der Waals surface area contributed by atoms with E-state index in [1.54, 1.807) is 0 Å². The van der Waals surface area contributed by atoms with Crippen LogP contribution in [0.25, 0.3) is 0 Å². The predicted molar refractivity (Wildman–Crippen MR) is 90.8 cm³/mol. The van der Waals surface area contributed by atoms with Crippen molar-refractivity contribution in [2.24, 2.45) is 40.2 Å². The van der Waals surface area contributed by atoms with Gasteiger partial charge in [-0.3, -0.25) is 9.59 Å². The van der Waals surface area contributed by atoms with Crippen molar-refractivity contribution < 1.29 is 9.59 Å². The number of allylic oxidation sites excluding steroid dienone is 2. The van der Waals surface area contributed by atoms with Crippen LogP contribution in [0, 0.1) is 34.5 Å². The lowest BCUT2D eigenvalue weighted by Crippen LogP contribution is -2.43. The third-order valence-electron chi connectivity index (χ3n) is 7.17. The van der Waals surface area contributed by atoms with E-state index in [1.807, 2.05) is 24.3 Å². The van der Waals surface area contributed by atoms with E-state index in [0.717, 1.165) is 24.9 Å². The Labute approximate surface area is 141 Å². The summed E-state index contributed by atoms with van der Waals surface area (Å²) >= 11 is 0. The highest BCUT2D eigenvalue weighted by atomic mass is 16.2. The summed E-state index contributed by atoms with van der Waals surface area (Å²) in [6, 6.07) is 7.94. The number of carbonyl (C=O) groups excluding carboxylic acids is 2. The summed E-state index contributed by atoms with van der Waals surface area (Å²) in [6.07, 6.45) is 7.57. The number of amides is 2. The minimum atomic E-state index is -0.622. The van der Waals surface area contributed by atoms with Crippen molar-refractivity contribution in [3.05, 3.63) is 42.0 Å². The zero-order valence-corrected chi connectivity index (χ0v) is 13.8. The van der Waals surface area contributed by atoms with Crippen LogP contribution in [0.5, 0.6) is 0 Å². The molecule has 1 spiro atoms. The number of primary amides is 1. The SMILES string of the molecule is CCc1ccc(NC(=O)C2C3C=CC4C(C35CC5)C42C(N)=O)cc1. The summed E-state index contributed by atoms with van der Waals surface area (Å²) in [7, 11) is 0. The van der Waals surface area contributed by atoms with Crippen LogP contribution in [-0.2, 0) is 16.0 Å².